The predicted octanol–water partition coefficient (Wildman–Crippen LogP) is 4.57. The van der Waals surface area contributed by atoms with Crippen LogP contribution in [-0.4, -0.2) is 84.9 Å². The largest absolute Gasteiger partial charge is 0.429 e. The number of nitrogens with two attached hydrogens (primary N) is 1. The first-order valence-electron chi connectivity index (χ1n) is 16.2. The Balaban J connectivity index is 1.12. The van der Waals surface area contributed by atoms with Crippen molar-refractivity contribution >= 4 is 35.2 Å². The molecule has 52 heavy (non-hydrogen) atoms. The number of hydrazine groups is 1. The van der Waals surface area contributed by atoms with Crippen LogP contribution < -0.4 is 21.2 Å². The van der Waals surface area contributed by atoms with E-state index < -0.39 is 23.6 Å². The number of benzene rings is 2. The number of carbonyl (C=O) groups is 3. The van der Waals surface area contributed by atoms with Gasteiger partial charge >= 0.3 is 6.09 Å². The highest BCUT2D eigenvalue weighted by atomic mass is 35.5. The second-order valence-corrected chi connectivity index (χ2v) is 12.5. The van der Waals surface area contributed by atoms with Crippen LogP contribution in [0.1, 0.15) is 32.4 Å². The number of aromatic nitrogens is 5. The van der Waals surface area contributed by atoms with Gasteiger partial charge in [0.1, 0.15) is 0 Å². The van der Waals surface area contributed by atoms with E-state index >= 15 is 8.78 Å². The third kappa shape index (κ3) is 7.63. The topological polar surface area (TPSA) is 166 Å². The van der Waals surface area contributed by atoms with Crippen LogP contribution >= 0.6 is 11.6 Å². The molecule has 3 amide bonds. The number of amides is 3. The first kappa shape index (κ1) is 36.1. The molecule has 1 saturated heterocycles. The van der Waals surface area contributed by atoms with Crippen LogP contribution in [0.25, 0.3) is 22.4 Å². The third-order valence-electron chi connectivity index (χ3n) is 8.54. The van der Waals surface area contributed by atoms with Crippen molar-refractivity contribution in [2.24, 2.45) is 12.9 Å². The summed E-state index contributed by atoms with van der Waals surface area (Å²) in [6.45, 7) is 6.13. The zero-order valence-electron chi connectivity index (χ0n) is 28.5. The molecule has 0 atom stereocenters. The lowest BCUT2D eigenvalue weighted by Crippen LogP contribution is -2.46. The van der Waals surface area contributed by atoms with Gasteiger partial charge in [0.15, 0.2) is 23.2 Å². The van der Waals surface area contributed by atoms with Gasteiger partial charge in [0.05, 0.1) is 47.5 Å². The number of hydrogen-bond donors (Lipinski definition) is 3. The summed E-state index contributed by atoms with van der Waals surface area (Å²) in [7, 11) is 1.51. The van der Waals surface area contributed by atoms with E-state index in [2.05, 4.69) is 25.7 Å². The second kappa shape index (κ2) is 15.3. The van der Waals surface area contributed by atoms with Gasteiger partial charge in [-0.3, -0.25) is 19.3 Å². The first-order chi connectivity index (χ1) is 24.9. The Labute approximate surface area is 302 Å². The molecule has 0 unspecified atom stereocenters. The van der Waals surface area contributed by atoms with Crippen LogP contribution in [0.15, 0.2) is 61.1 Å². The highest BCUT2D eigenvalue weighted by molar-refractivity contribution is 6.34. The molecule has 0 bridgehead atoms. The molecule has 4 N–H and O–H groups in total. The average Bonchev–Trinajstić information content (AvgIpc) is 3.70. The molecule has 2 aromatic carbocycles. The van der Waals surface area contributed by atoms with Gasteiger partial charge < -0.3 is 24.8 Å². The lowest BCUT2D eigenvalue weighted by Gasteiger charge is -2.27. The molecule has 0 spiro atoms. The van der Waals surface area contributed by atoms with Gasteiger partial charge in [0.25, 0.3) is 11.8 Å². The fourth-order valence-electron chi connectivity index (χ4n) is 5.69. The normalized spacial score (nSPS) is 12.9. The van der Waals surface area contributed by atoms with E-state index in [0.717, 1.165) is 10.7 Å². The number of hydrogen-bond acceptors (Lipinski definition) is 9. The number of ether oxygens (including phenoxy) is 1. The van der Waals surface area contributed by atoms with Crippen LogP contribution in [0, 0.1) is 25.5 Å². The predicted molar refractivity (Wildman–Crippen MR) is 189 cm³/mol. The van der Waals surface area contributed by atoms with Gasteiger partial charge in [-0.15, -0.1) is 0 Å². The summed E-state index contributed by atoms with van der Waals surface area (Å²) in [6, 6.07) is 10.7. The summed E-state index contributed by atoms with van der Waals surface area (Å²) in [5.74, 6) is 2.96. The number of rotatable bonds is 9. The zero-order valence-corrected chi connectivity index (χ0v) is 29.2. The number of piperazine rings is 1. The highest BCUT2D eigenvalue weighted by Crippen LogP contribution is 2.33. The SMILES string of the molecule is Cc1ccc(OC(=O)N(N)CCn2cc(-c3ccc(-c4cnc(C(=O)Nc5ccc(C(=O)N6CCNCC6)c(Cl)c5)n4C)c(F)c3F)c(C)n2)cn1. The van der Waals surface area contributed by atoms with Gasteiger partial charge in [0.2, 0.25) is 0 Å². The van der Waals surface area contributed by atoms with Crippen molar-refractivity contribution in [2.75, 3.05) is 38.0 Å². The average molecular weight is 733 g/mol. The van der Waals surface area contributed by atoms with Crippen LogP contribution in [0.3, 0.4) is 0 Å². The molecule has 1 fully saturated rings. The molecule has 6 rings (SSSR count). The van der Waals surface area contributed by atoms with Crippen molar-refractivity contribution in [3.63, 3.8) is 0 Å². The number of carbonyl (C=O) groups excluding carboxylic acids is 3. The van der Waals surface area contributed by atoms with E-state index in [1.165, 1.54) is 53.1 Å². The minimum Gasteiger partial charge on any atom is -0.408 e. The van der Waals surface area contributed by atoms with E-state index in [-0.39, 0.29) is 52.4 Å². The molecule has 270 valence electrons. The minimum atomic E-state index is -1.14. The molecule has 4 heterocycles. The molecular weight excluding hydrogens is 698 g/mol. The monoisotopic (exact) mass is 732 g/mol. The Bertz CT molecular complexity index is 2150. The Hall–Kier alpha value is -5.71. The van der Waals surface area contributed by atoms with Crippen molar-refractivity contribution in [1.29, 1.82) is 0 Å². The number of nitrogens with zero attached hydrogens (tertiary/aromatic N) is 7. The number of anilines is 1. The summed E-state index contributed by atoms with van der Waals surface area (Å²) in [5.41, 5.74) is 2.18. The summed E-state index contributed by atoms with van der Waals surface area (Å²) < 4.78 is 39.3. The Kier molecular flexibility index (Phi) is 10.6. The van der Waals surface area contributed by atoms with Gasteiger partial charge in [-0.1, -0.05) is 17.7 Å². The van der Waals surface area contributed by atoms with Crippen LogP contribution in [-0.2, 0) is 13.6 Å². The number of imidazole rings is 1. The molecule has 1 aliphatic heterocycles. The van der Waals surface area contributed by atoms with Crippen LogP contribution in [0.4, 0.5) is 19.3 Å². The summed E-state index contributed by atoms with van der Waals surface area (Å²) in [5, 5.41) is 11.3. The van der Waals surface area contributed by atoms with E-state index in [1.807, 2.05) is 0 Å². The van der Waals surface area contributed by atoms with Gasteiger partial charge in [0, 0.05) is 67.5 Å². The van der Waals surface area contributed by atoms with E-state index in [9.17, 15) is 14.4 Å². The van der Waals surface area contributed by atoms with Gasteiger partial charge in [-0.25, -0.2) is 29.4 Å². The molecule has 0 saturated carbocycles. The maximum absolute atomic E-state index is 15.7. The second-order valence-electron chi connectivity index (χ2n) is 12.1. The Morgan fingerprint density at radius 3 is 2.44 bits per heavy atom. The standard InChI is InChI=1S/C35H35ClF2N10O4/c1-20-4-6-23(17-41-20)52-35(51)48(39)15-14-47-19-27(21(2)44-47)24-8-9-26(31(38)30(24)37)29-18-42-32(45(29)3)33(49)43-22-5-7-25(28(36)16-22)34(50)46-12-10-40-11-13-46/h4-9,16-19,40H,10-15,39H2,1-3H3,(H,43,49). The molecule has 5 aromatic rings. The van der Waals surface area contributed by atoms with Crippen molar-refractivity contribution in [2.45, 2.75) is 20.4 Å². The zero-order chi connectivity index (χ0) is 37.1. The molecule has 17 heteroatoms. The lowest BCUT2D eigenvalue weighted by atomic mass is 10.0. The molecule has 0 radical (unpaired) electrons. The van der Waals surface area contributed by atoms with Gasteiger partial charge in [-0.05, 0) is 50.2 Å². The van der Waals surface area contributed by atoms with Crippen molar-refractivity contribution in [3.05, 3.63) is 100 Å². The van der Waals surface area contributed by atoms with Crippen molar-refractivity contribution in [1.82, 2.24) is 39.5 Å². The number of pyridine rings is 1. The number of aryl methyl sites for hydroxylation is 2. The Morgan fingerprint density at radius 2 is 1.73 bits per heavy atom. The summed E-state index contributed by atoms with van der Waals surface area (Å²) in [4.78, 5) is 48.4. The summed E-state index contributed by atoms with van der Waals surface area (Å²) in [6.07, 6.45) is 3.41. The van der Waals surface area contributed by atoms with E-state index in [0.29, 0.717) is 48.7 Å². The third-order valence-corrected chi connectivity index (χ3v) is 8.85. The minimum absolute atomic E-state index is 0.0136. The lowest BCUT2D eigenvalue weighted by molar-refractivity contribution is 0.0736. The van der Waals surface area contributed by atoms with Crippen LogP contribution in [0.5, 0.6) is 5.75 Å². The highest BCUT2D eigenvalue weighted by Gasteiger charge is 2.24. The Morgan fingerprint density at radius 1 is 1.00 bits per heavy atom. The molecule has 1 aliphatic rings. The van der Waals surface area contributed by atoms with Crippen molar-refractivity contribution in [3.8, 4) is 28.1 Å². The van der Waals surface area contributed by atoms with Crippen molar-refractivity contribution < 1.29 is 27.9 Å². The molecule has 3 aromatic heterocycles. The first-order valence-corrected chi connectivity index (χ1v) is 16.6. The quantitative estimate of drug-likeness (QED) is 0.112. The van der Waals surface area contributed by atoms with E-state index in [1.54, 1.807) is 43.0 Å². The molecular formula is C35H35ClF2N10O4. The fraction of sp³-hybridized carbons (Fsp3) is 0.257. The van der Waals surface area contributed by atoms with Crippen LogP contribution in [0.2, 0.25) is 5.02 Å². The molecule has 14 nitrogen and oxygen atoms in total. The number of nitrogens with one attached hydrogen (secondary N) is 2. The fourth-order valence-corrected chi connectivity index (χ4v) is 5.95. The van der Waals surface area contributed by atoms with Gasteiger partial charge in [-0.2, -0.15) is 5.10 Å². The maximum atomic E-state index is 15.7. The van der Waals surface area contributed by atoms with E-state index in [4.69, 9.17) is 22.2 Å². The summed E-state index contributed by atoms with van der Waals surface area (Å²) >= 11 is 6.41. The number of halogens is 3. The maximum Gasteiger partial charge on any atom is 0.429 e. The molecule has 0 aliphatic carbocycles. The smallest absolute Gasteiger partial charge is 0.408 e.